The average Bonchev–Trinajstić information content (AvgIpc) is 3.02. The number of nitrogens with zero attached hydrogens (tertiary/aromatic N) is 2. The lowest BCUT2D eigenvalue weighted by Gasteiger charge is -2.34. The Balaban J connectivity index is 1.57. The van der Waals surface area contributed by atoms with E-state index >= 15 is 0 Å². The number of carbonyl (C=O) groups is 2. The largest absolute Gasteiger partial charge is 0.352 e. The van der Waals surface area contributed by atoms with Crippen LogP contribution in [0.3, 0.4) is 0 Å². The Morgan fingerprint density at radius 1 is 0.864 bits per heavy atom. The average molecular weight is 618 g/mol. The van der Waals surface area contributed by atoms with Crippen molar-refractivity contribution >= 4 is 27.5 Å². The van der Waals surface area contributed by atoms with Gasteiger partial charge in [0.25, 0.3) is 0 Å². The van der Waals surface area contributed by atoms with E-state index in [4.69, 9.17) is 0 Å². The number of hydrogen-bond donors (Lipinski definition) is 1. The van der Waals surface area contributed by atoms with Gasteiger partial charge in [-0.3, -0.25) is 13.9 Å². The molecule has 236 valence electrons. The highest BCUT2D eigenvalue weighted by Crippen LogP contribution is 2.22. The molecule has 0 aliphatic heterocycles. The molecule has 4 rings (SSSR count). The van der Waals surface area contributed by atoms with E-state index < -0.39 is 16.1 Å². The minimum atomic E-state index is -3.55. The highest BCUT2D eigenvalue weighted by molar-refractivity contribution is 7.92. The van der Waals surface area contributed by atoms with Gasteiger partial charge in [0.15, 0.2) is 0 Å². The van der Waals surface area contributed by atoms with Crippen LogP contribution in [0.1, 0.15) is 74.1 Å². The highest BCUT2D eigenvalue weighted by atomic mass is 32.2. The molecule has 0 saturated heterocycles. The summed E-state index contributed by atoms with van der Waals surface area (Å²) in [4.78, 5) is 29.7. The summed E-state index contributed by atoms with van der Waals surface area (Å²) < 4.78 is 26.8. The first-order chi connectivity index (χ1) is 21.1. The first-order valence-corrected chi connectivity index (χ1v) is 17.7. The summed E-state index contributed by atoms with van der Waals surface area (Å²) in [5.74, 6) is -0.296. The second-order valence-electron chi connectivity index (χ2n) is 12.0. The Labute approximate surface area is 263 Å². The van der Waals surface area contributed by atoms with Crippen molar-refractivity contribution in [2.45, 2.75) is 90.3 Å². The summed E-state index contributed by atoms with van der Waals surface area (Å²) in [5, 5.41) is 3.27. The number of nitrogens with one attached hydrogen (secondary N) is 1. The van der Waals surface area contributed by atoms with E-state index in [0.29, 0.717) is 25.1 Å². The molecule has 1 N–H and O–H groups in total. The Kier molecular flexibility index (Phi) is 12.0. The van der Waals surface area contributed by atoms with Crippen LogP contribution >= 0.6 is 0 Å². The minimum Gasteiger partial charge on any atom is -0.352 e. The summed E-state index contributed by atoms with van der Waals surface area (Å²) in [7, 11) is -3.55. The third-order valence-corrected chi connectivity index (χ3v) is 9.67. The van der Waals surface area contributed by atoms with Crippen LogP contribution in [0.5, 0.6) is 0 Å². The second kappa shape index (κ2) is 15.9. The highest BCUT2D eigenvalue weighted by Gasteiger charge is 2.32. The molecule has 0 spiro atoms. The van der Waals surface area contributed by atoms with Crippen molar-refractivity contribution in [3.8, 4) is 0 Å². The van der Waals surface area contributed by atoms with E-state index in [1.807, 2.05) is 85.8 Å². The van der Waals surface area contributed by atoms with Crippen molar-refractivity contribution < 1.29 is 18.0 Å². The molecule has 7 nitrogen and oxygen atoms in total. The van der Waals surface area contributed by atoms with Gasteiger partial charge in [-0.05, 0) is 61.4 Å². The molecule has 1 atom stereocenters. The first kappa shape index (κ1) is 33.2. The van der Waals surface area contributed by atoms with Gasteiger partial charge in [0.2, 0.25) is 21.8 Å². The quantitative estimate of drug-likeness (QED) is 0.234. The van der Waals surface area contributed by atoms with Crippen molar-refractivity contribution in [3.63, 3.8) is 0 Å². The van der Waals surface area contributed by atoms with E-state index in [2.05, 4.69) is 12.2 Å². The van der Waals surface area contributed by atoms with Crippen LogP contribution in [0.15, 0.2) is 78.9 Å². The molecule has 0 heterocycles. The van der Waals surface area contributed by atoms with Crippen LogP contribution in [0.25, 0.3) is 0 Å². The number of benzene rings is 3. The van der Waals surface area contributed by atoms with Crippen LogP contribution < -0.4 is 9.62 Å². The smallest absolute Gasteiger partial charge is 0.243 e. The van der Waals surface area contributed by atoms with Crippen molar-refractivity contribution in [1.29, 1.82) is 0 Å². The van der Waals surface area contributed by atoms with Gasteiger partial charge >= 0.3 is 0 Å². The lowest BCUT2D eigenvalue weighted by molar-refractivity contribution is -0.141. The van der Waals surface area contributed by atoms with Gasteiger partial charge in [-0.2, -0.15) is 0 Å². The monoisotopic (exact) mass is 617 g/mol. The fourth-order valence-electron chi connectivity index (χ4n) is 5.89. The fraction of sp³-hybridized carbons (Fsp3) is 0.444. The van der Waals surface area contributed by atoms with E-state index in [1.54, 1.807) is 4.90 Å². The number of sulfonamides is 1. The molecular weight excluding hydrogens is 570 g/mol. The predicted octanol–water partition coefficient (Wildman–Crippen LogP) is 6.19. The summed E-state index contributed by atoms with van der Waals surface area (Å²) in [6.45, 7) is 4.54. The number of amides is 2. The normalized spacial score (nSPS) is 14.5. The van der Waals surface area contributed by atoms with Gasteiger partial charge in [-0.25, -0.2) is 8.42 Å². The summed E-state index contributed by atoms with van der Waals surface area (Å²) in [6, 6.07) is 24.8. The van der Waals surface area contributed by atoms with Crippen LogP contribution in [0.2, 0.25) is 0 Å². The Morgan fingerprint density at radius 3 is 2.11 bits per heavy atom. The maximum atomic E-state index is 14.1. The molecule has 1 aliphatic carbocycles. The van der Waals surface area contributed by atoms with Crippen molar-refractivity contribution in [2.24, 2.45) is 0 Å². The van der Waals surface area contributed by atoms with Gasteiger partial charge in [0, 0.05) is 32.0 Å². The number of anilines is 1. The maximum Gasteiger partial charge on any atom is 0.243 e. The zero-order chi connectivity index (χ0) is 31.5. The van der Waals surface area contributed by atoms with Crippen molar-refractivity contribution in [1.82, 2.24) is 10.2 Å². The maximum absolute atomic E-state index is 14.1. The fourth-order valence-corrected chi connectivity index (χ4v) is 6.86. The standard InChI is InChI=1S/C36H47N3O4S/c1-4-29-21-23-33(24-22-29)39(44(3,42)43)25-11-16-35(40)38(27-31-19-17-28(2)18-20-31)34(26-30-12-7-5-8-13-30)36(41)37-32-14-9-6-10-15-32/h5,7-8,12-13,17-24,32,34H,4,6,9-11,14-16,25-27H2,1-3H3,(H,37,41)/t34-/m1/s1. The summed E-state index contributed by atoms with van der Waals surface area (Å²) in [5.41, 5.74) is 4.76. The third-order valence-electron chi connectivity index (χ3n) is 8.48. The molecule has 44 heavy (non-hydrogen) atoms. The number of hydrogen-bond acceptors (Lipinski definition) is 4. The van der Waals surface area contributed by atoms with E-state index in [1.165, 1.54) is 17.0 Å². The molecule has 1 aliphatic rings. The van der Waals surface area contributed by atoms with Gasteiger partial charge in [-0.15, -0.1) is 0 Å². The Bertz CT molecular complexity index is 1450. The number of carbonyl (C=O) groups excluding carboxylic acids is 2. The zero-order valence-electron chi connectivity index (χ0n) is 26.4. The van der Waals surface area contributed by atoms with E-state index in [0.717, 1.165) is 54.4 Å². The summed E-state index contributed by atoms with van der Waals surface area (Å²) >= 11 is 0. The molecule has 0 aromatic heterocycles. The molecule has 3 aromatic rings. The SMILES string of the molecule is CCc1ccc(N(CCCC(=O)N(Cc2ccc(C)cc2)[C@H](Cc2ccccc2)C(=O)NC2CCCCC2)S(C)(=O)=O)cc1. The zero-order valence-corrected chi connectivity index (χ0v) is 27.2. The Hall–Kier alpha value is -3.65. The van der Waals surface area contributed by atoms with Gasteiger partial charge in [0.1, 0.15) is 6.04 Å². The molecule has 8 heteroatoms. The van der Waals surface area contributed by atoms with Crippen molar-refractivity contribution in [2.75, 3.05) is 17.1 Å². The lowest BCUT2D eigenvalue weighted by atomic mass is 9.94. The van der Waals surface area contributed by atoms with Crippen LogP contribution in [0, 0.1) is 6.92 Å². The predicted molar refractivity (Wildman–Crippen MR) is 178 cm³/mol. The van der Waals surface area contributed by atoms with Gasteiger partial charge in [0.05, 0.1) is 11.9 Å². The molecule has 1 fully saturated rings. The lowest BCUT2D eigenvalue weighted by Crippen LogP contribution is -2.52. The molecule has 0 radical (unpaired) electrons. The number of rotatable bonds is 14. The number of aryl methyl sites for hydroxylation is 2. The topological polar surface area (TPSA) is 86.8 Å². The molecule has 0 unspecified atom stereocenters. The molecule has 1 saturated carbocycles. The second-order valence-corrected chi connectivity index (χ2v) is 13.9. The molecule has 3 aromatic carbocycles. The summed E-state index contributed by atoms with van der Waals surface area (Å²) in [6.07, 6.45) is 8.19. The molecule has 2 amide bonds. The van der Waals surface area contributed by atoms with Crippen molar-refractivity contribution in [3.05, 3.63) is 101 Å². The van der Waals surface area contributed by atoms with Crippen LogP contribution in [0.4, 0.5) is 5.69 Å². The molecule has 0 bridgehead atoms. The van der Waals surface area contributed by atoms with Crippen LogP contribution in [-0.2, 0) is 39.0 Å². The van der Waals surface area contributed by atoms with Gasteiger partial charge < -0.3 is 10.2 Å². The third kappa shape index (κ3) is 9.68. The van der Waals surface area contributed by atoms with Crippen LogP contribution in [-0.4, -0.2) is 50.0 Å². The van der Waals surface area contributed by atoms with E-state index in [9.17, 15) is 18.0 Å². The molecular formula is C36H47N3O4S. The van der Waals surface area contributed by atoms with Gasteiger partial charge in [-0.1, -0.05) is 98.5 Å². The Morgan fingerprint density at radius 2 is 1.50 bits per heavy atom. The minimum absolute atomic E-state index is 0.118. The first-order valence-electron chi connectivity index (χ1n) is 15.9. The van der Waals surface area contributed by atoms with E-state index in [-0.39, 0.29) is 30.8 Å².